The number of fused-ring (bicyclic) bond motifs is 7. The maximum atomic E-state index is 12.6. The van der Waals surface area contributed by atoms with Crippen LogP contribution in [-0.2, 0) is 4.79 Å². The summed E-state index contributed by atoms with van der Waals surface area (Å²) in [4.78, 5) is 12.6. The van der Waals surface area contributed by atoms with Gasteiger partial charge in [0.25, 0.3) is 0 Å². The van der Waals surface area contributed by atoms with Crippen molar-refractivity contribution in [3.8, 4) is 0 Å². The Balaban J connectivity index is 1.56. The summed E-state index contributed by atoms with van der Waals surface area (Å²) in [7, 11) is 0. The van der Waals surface area contributed by atoms with Gasteiger partial charge in [0.15, 0.2) is 0 Å². The van der Waals surface area contributed by atoms with Crippen molar-refractivity contribution >= 4 is 6.29 Å². The van der Waals surface area contributed by atoms with Gasteiger partial charge in [0.05, 0.1) is 6.10 Å². The SMILES string of the molecule is C=C(C)[C@@H]1CCC2(C=O)CC[C@]3(C)C(CCC4C5(C)CCC(O)C(C)(C)C5CCC43C)C12. The lowest BCUT2D eigenvalue weighted by Gasteiger charge is -2.72. The van der Waals surface area contributed by atoms with Gasteiger partial charge in [-0.1, -0.05) is 46.8 Å². The number of hydrogen-bond donors (Lipinski definition) is 1. The van der Waals surface area contributed by atoms with Crippen molar-refractivity contribution < 1.29 is 9.90 Å². The fraction of sp³-hybridized carbons (Fsp3) is 0.900. The predicted molar refractivity (Wildman–Crippen MR) is 131 cm³/mol. The number of aliphatic hydroxyl groups is 1. The van der Waals surface area contributed by atoms with Crippen LogP contribution in [0.5, 0.6) is 0 Å². The molecule has 0 aliphatic heterocycles. The zero-order valence-electron chi connectivity index (χ0n) is 21.7. The smallest absolute Gasteiger partial charge is 0.126 e. The molecular formula is C30H48O2. The number of carbonyl (C=O) groups excluding carboxylic acids is 1. The summed E-state index contributed by atoms with van der Waals surface area (Å²) in [6, 6.07) is 0. The van der Waals surface area contributed by atoms with E-state index in [9.17, 15) is 9.90 Å². The molecular weight excluding hydrogens is 392 g/mol. The summed E-state index contributed by atoms with van der Waals surface area (Å²) >= 11 is 0. The number of rotatable bonds is 2. The van der Waals surface area contributed by atoms with E-state index in [4.69, 9.17) is 0 Å². The van der Waals surface area contributed by atoms with Gasteiger partial charge in [-0.05, 0) is 122 Å². The molecule has 5 aliphatic rings. The Labute approximate surface area is 197 Å². The molecule has 5 rings (SSSR count). The van der Waals surface area contributed by atoms with Crippen molar-refractivity contribution in [2.45, 2.75) is 112 Å². The van der Waals surface area contributed by atoms with Crippen LogP contribution in [0.15, 0.2) is 12.2 Å². The number of aldehydes is 1. The van der Waals surface area contributed by atoms with Crippen molar-refractivity contribution in [1.82, 2.24) is 0 Å². The second kappa shape index (κ2) is 6.96. The average Bonchev–Trinajstić information content (AvgIpc) is 3.12. The molecule has 5 saturated carbocycles. The van der Waals surface area contributed by atoms with Crippen molar-refractivity contribution in [3.63, 3.8) is 0 Å². The molecule has 32 heavy (non-hydrogen) atoms. The topological polar surface area (TPSA) is 37.3 Å². The second-order valence-electron chi connectivity index (χ2n) is 14.4. The minimum atomic E-state index is -0.158. The van der Waals surface area contributed by atoms with E-state index in [1.807, 2.05) is 0 Å². The molecule has 0 spiro atoms. The summed E-state index contributed by atoms with van der Waals surface area (Å²) in [6.45, 7) is 19.2. The molecule has 0 radical (unpaired) electrons. The number of allylic oxidation sites excluding steroid dienone is 1. The molecule has 0 aromatic heterocycles. The first-order valence-corrected chi connectivity index (χ1v) is 13.7. The normalized spacial score (nSPS) is 56.3. The maximum Gasteiger partial charge on any atom is 0.126 e. The van der Waals surface area contributed by atoms with E-state index in [-0.39, 0.29) is 16.9 Å². The van der Waals surface area contributed by atoms with Gasteiger partial charge in [0.1, 0.15) is 6.29 Å². The average molecular weight is 441 g/mol. The molecule has 0 amide bonds. The molecule has 2 nitrogen and oxygen atoms in total. The fourth-order valence-corrected chi connectivity index (χ4v) is 11.4. The molecule has 10 atom stereocenters. The summed E-state index contributed by atoms with van der Waals surface area (Å²) in [5, 5.41) is 10.9. The van der Waals surface area contributed by atoms with Gasteiger partial charge in [-0.15, -0.1) is 0 Å². The largest absolute Gasteiger partial charge is 0.393 e. The molecule has 8 unspecified atom stereocenters. The van der Waals surface area contributed by atoms with Crippen LogP contribution >= 0.6 is 0 Å². The highest BCUT2D eigenvalue weighted by molar-refractivity contribution is 5.62. The van der Waals surface area contributed by atoms with E-state index in [1.54, 1.807) is 0 Å². The van der Waals surface area contributed by atoms with Gasteiger partial charge >= 0.3 is 0 Å². The number of carbonyl (C=O) groups is 1. The van der Waals surface area contributed by atoms with Gasteiger partial charge in [-0.2, -0.15) is 0 Å². The molecule has 5 aliphatic carbocycles. The van der Waals surface area contributed by atoms with E-state index in [2.05, 4.69) is 48.1 Å². The molecule has 0 saturated heterocycles. The zero-order chi connectivity index (χ0) is 23.3. The van der Waals surface area contributed by atoms with Crippen LogP contribution in [0.4, 0.5) is 0 Å². The highest BCUT2D eigenvalue weighted by atomic mass is 16.3. The van der Waals surface area contributed by atoms with Gasteiger partial charge < -0.3 is 9.90 Å². The molecule has 0 bridgehead atoms. The Kier molecular flexibility index (Phi) is 5.03. The standard InChI is InChI=1S/C30H48O2/c1-19(2)20-10-15-30(18-31)17-16-28(6)21(25(20)30)8-9-23-27(5)13-12-24(32)26(3,4)22(27)11-14-29(23,28)7/h18,20-25,32H,1,8-17H2,2-7H3/t20-,21?,22?,23?,24?,25?,27?,28+,29?,30?/m0/s1. The molecule has 0 heterocycles. The van der Waals surface area contributed by atoms with E-state index >= 15 is 0 Å². The Bertz CT molecular complexity index is 814. The Morgan fingerprint density at radius 3 is 2.22 bits per heavy atom. The summed E-state index contributed by atoms with van der Waals surface area (Å²) < 4.78 is 0. The first kappa shape index (κ1) is 23.1. The minimum absolute atomic E-state index is 0.0157. The Morgan fingerprint density at radius 2 is 1.56 bits per heavy atom. The molecule has 2 heteroatoms. The van der Waals surface area contributed by atoms with Crippen LogP contribution in [0.2, 0.25) is 0 Å². The van der Waals surface area contributed by atoms with Crippen molar-refractivity contribution in [2.75, 3.05) is 0 Å². The third-order valence-corrected chi connectivity index (χ3v) is 13.3. The van der Waals surface area contributed by atoms with E-state index < -0.39 is 0 Å². The van der Waals surface area contributed by atoms with E-state index in [0.717, 1.165) is 31.6 Å². The maximum absolute atomic E-state index is 12.6. The van der Waals surface area contributed by atoms with Gasteiger partial charge in [0, 0.05) is 5.41 Å². The molecule has 180 valence electrons. The number of hydrogen-bond acceptors (Lipinski definition) is 2. The highest BCUT2D eigenvalue weighted by Crippen LogP contribution is 2.77. The molecule has 0 aromatic carbocycles. The van der Waals surface area contributed by atoms with Crippen LogP contribution in [0, 0.1) is 56.7 Å². The number of aliphatic hydroxyl groups excluding tert-OH is 1. The second-order valence-corrected chi connectivity index (χ2v) is 14.4. The molecule has 0 aromatic rings. The first-order chi connectivity index (χ1) is 14.9. The van der Waals surface area contributed by atoms with Gasteiger partial charge in [0.2, 0.25) is 0 Å². The lowest BCUT2D eigenvalue weighted by Crippen LogP contribution is -2.66. The predicted octanol–water partition coefficient (Wildman–Crippen LogP) is 7.20. The first-order valence-electron chi connectivity index (χ1n) is 13.7. The third kappa shape index (κ3) is 2.60. The van der Waals surface area contributed by atoms with Gasteiger partial charge in [-0.25, -0.2) is 0 Å². The Morgan fingerprint density at radius 1 is 0.844 bits per heavy atom. The van der Waals surface area contributed by atoms with Crippen LogP contribution in [0.1, 0.15) is 106 Å². The lowest BCUT2D eigenvalue weighted by molar-refractivity contribution is -0.245. The quantitative estimate of drug-likeness (QED) is 0.364. The van der Waals surface area contributed by atoms with Crippen LogP contribution < -0.4 is 0 Å². The van der Waals surface area contributed by atoms with Crippen LogP contribution in [0.3, 0.4) is 0 Å². The van der Waals surface area contributed by atoms with E-state index in [1.165, 1.54) is 50.4 Å². The highest BCUT2D eigenvalue weighted by Gasteiger charge is 2.70. The summed E-state index contributed by atoms with van der Waals surface area (Å²) in [5.41, 5.74) is 2.20. The minimum Gasteiger partial charge on any atom is -0.393 e. The molecule has 5 fully saturated rings. The van der Waals surface area contributed by atoms with Crippen molar-refractivity contribution in [2.24, 2.45) is 56.7 Å². The summed E-state index contributed by atoms with van der Waals surface area (Å²) in [6.07, 6.45) is 13.1. The fourth-order valence-electron chi connectivity index (χ4n) is 11.4. The third-order valence-electron chi connectivity index (χ3n) is 13.3. The summed E-state index contributed by atoms with van der Waals surface area (Å²) in [5.74, 6) is 3.03. The molecule has 1 N–H and O–H groups in total. The van der Waals surface area contributed by atoms with Gasteiger partial charge in [-0.3, -0.25) is 0 Å². The zero-order valence-corrected chi connectivity index (χ0v) is 21.7. The Hall–Kier alpha value is -0.630. The van der Waals surface area contributed by atoms with E-state index in [0.29, 0.717) is 39.9 Å². The van der Waals surface area contributed by atoms with Crippen LogP contribution in [0.25, 0.3) is 0 Å². The van der Waals surface area contributed by atoms with Crippen molar-refractivity contribution in [1.29, 1.82) is 0 Å². The monoisotopic (exact) mass is 440 g/mol. The van der Waals surface area contributed by atoms with Crippen molar-refractivity contribution in [3.05, 3.63) is 12.2 Å². The van der Waals surface area contributed by atoms with Crippen LogP contribution in [-0.4, -0.2) is 17.5 Å². The lowest BCUT2D eigenvalue weighted by atomic mass is 9.32.